The summed E-state index contributed by atoms with van der Waals surface area (Å²) < 4.78 is 0. The molecule has 13 aromatic carbocycles. The summed E-state index contributed by atoms with van der Waals surface area (Å²) in [4.78, 5) is 2.45. The maximum absolute atomic E-state index is 2.47. The average Bonchev–Trinajstić information content (AvgIpc) is 3.79. The summed E-state index contributed by atoms with van der Waals surface area (Å²) in [6.45, 7) is 0. The van der Waals surface area contributed by atoms with Crippen LogP contribution in [0.25, 0.3) is 88.0 Å². The molecule has 0 fully saturated rings. The molecule has 0 aliphatic heterocycles. The van der Waals surface area contributed by atoms with Crippen LogP contribution in [0.3, 0.4) is 0 Å². The smallest absolute Gasteiger partial charge is 0.0714 e. The first kappa shape index (κ1) is 43.2. The largest absolute Gasteiger partial charge is 0.310 e. The van der Waals surface area contributed by atoms with E-state index in [0.29, 0.717) is 0 Å². The summed E-state index contributed by atoms with van der Waals surface area (Å²) in [5, 5.41) is 7.47. The van der Waals surface area contributed by atoms with Crippen molar-refractivity contribution in [1.29, 1.82) is 0 Å². The van der Waals surface area contributed by atoms with E-state index in [0.717, 1.165) is 22.6 Å². The number of fused-ring (bicyclic) bond motifs is 7. The Morgan fingerprint density at radius 3 is 1.43 bits per heavy atom. The van der Waals surface area contributed by atoms with Crippen LogP contribution in [0.15, 0.2) is 297 Å². The van der Waals surface area contributed by atoms with Gasteiger partial charge in [-0.25, -0.2) is 0 Å². The Balaban J connectivity index is 0.964. The third-order valence-electron chi connectivity index (χ3n) is 15.5. The molecule has 0 saturated heterocycles. The van der Waals surface area contributed by atoms with Crippen LogP contribution in [0, 0.1) is 0 Å². The fourth-order valence-electron chi connectivity index (χ4n) is 12.3. The zero-order chi connectivity index (χ0) is 49.0. The minimum Gasteiger partial charge on any atom is -0.310 e. The van der Waals surface area contributed by atoms with Gasteiger partial charge >= 0.3 is 0 Å². The minimum atomic E-state index is -0.537. The molecule has 0 bridgehead atoms. The number of anilines is 3. The highest BCUT2D eigenvalue weighted by Crippen LogP contribution is 2.57. The molecule has 14 rings (SSSR count). The molecule has 0 N–H and O–H groups in total. The van der Waals surface area contributed by atoms with Gasteiger partial charge in [-0.2, -0.15) is 0 Å². The Morgan fingerprint density at radius 1 is 0.230 bits per heavy atom. The van der Waals surface area contributed by atoms with Gasteiger partial charge in [0, 0.05) is 17.1 Å². The van der Waals surface area contributed by atoms with Crippen LogP contribution >= 0.6 is 0 Å². The van der Waals surface area contributed by atoms with E-state index in [1.165, 1.54) is 105 Å². The van der Waals surface area contributed by atoms with Crippen molar-refractivity contribution in [1.82, 2.24) is 0 Å². The Bertz CT molecular complexity index is 4170. The summed E-state index contributed by atoms with van der Waals surface area (Å²) >= 11 is 0. The molecule has 74 heavy (non-hydrogen) atoms. The molecule has 0 saturated carbocycles. The quantitative estimate of drug-likeness (QED) is 0.130. The molecule has 1 nitrogen and oxygen atoms in total. The van der Waals surface area contributed by atoms with Gasteiger partial charge in [0.15, 0.2) is 0 Å². The van der Waals surface area contributed by atoms with E-state index in [1.54, 1.807) is 0 Å². The number of rotatable bonds is 9. The second-order valence-electron chi connectivity index (χ2n) is 19.5. The van der Waals surface area contributed by atoms with Crippen molar-refractivity contribution in [2.75, 3.05) is 4.90 Å². The van der Waals surface area contributed by atoms with Crippen LogP contribution < -0.4 is 4.90 Å². The second kappa shape index (κ2) is 17.9. The standard InChI is InChI=1S/C73H49N/c1-5-22-52(23-6-1)71-67-36-16-15-34-63(67)64-45-41-54(48-68(64)72(71)53-24-7-2-8-25-53)50-39-42-58(43-40-50)74(59-32-19-27-55(47-59)62-37-20-26-51-21-13-14-33-61(51)62)60-44-46-66-65-35-17-18-38-69(65)73(70(66)49-60,56-28-9-3-10-29-56)57-30-11-4-12-31-57/h1-49H. The zero-order valence-electron chi connectivity index (χ0n) is 40.7. The predicted molar refractivity (Wildman–Crippen MR) is 313 cm³/mol. The molecule has 1 aliphatic carbocycles. The molecule has 346 valence electrons. The maximum atomic E-state index is 2.47. The summed E-state index contributed by atoms with van der Waals surface area (Å²) in [6, 6.07) is 110. The van der Waals surface area contributed by atoms with Crippen LogP contribution in [-0.4, -0.2) is 0 Å². The average molecular weight is 940 g/mol. The van der Waals surface area contributed by atoms with E-state index < -0.39 is 5.41 Å². The monoisotopic (exact) mass is 939 g/mol. The fourth-order valence-corrected chi connectivity index (χ4v) is 12.3. The minimum absolute atomic E-state index is 0.537. The van der Waals surface area contributed by atoms with Gasteiger partial charge in [0.25, 0.3) is 0 Å². The first-order valence-corrected chi connectivity index (χ1v) is 25.7. The van der Waals surface area contributed by atoms with Gasteiger partial charge in [-0.05, 0) is 153 Å². The van der Waals surface area contributed by atoms with Gasteiger partial charge in [-0.1, -0.05) is 255 Å². The van der Waals surface area contributed by atoms with E-state index in [-0.39, 0.29) is 0 Å². The highest BCUT2D eigenvalue weighted by molar-refractivity contribution is 6.22. The molecule has 0 atom stereocenters. The number of hydrogen-bond acceptors (Lipinski definition) is 1. The van der Waals surface area contributed by atoms with Crippen molar-refractivity contribution in [3.63, 3.8) is 0 Å². The summed E-state index contributed by atoms with van der Waals surface area (Å²) in [7, 11) is 0. The lowest BCUT2D eigenvalue weighted by molar-refractivity contribution is 0.768. The highest BCUT2D eigenvalue weighted by atomic mass is 15.1. The highest BCUT2D eigenvalue weighted by Gasteiger charge is 2.46. The van der Waals surface area contributed by atoms with Crippen LogP contribution in [0.1, 0.15) is 22.3 Å². The maximum Gasteiger partial charge on any atom is 0.0714 e. The first-order valence-electron chi connectivity index (χ1n) is 25.7. The predicted octanol–water partition coefficient (Wildman–Crippen LogP) is 19.6. The normalized spacial score (nSPS) is 12.4. The van der Waals surface area contributed by atoms with Crippen molar-refractivity contribution in [2.45, 2.75) is 5.41 Å². The number of hydrogen-bond donors (Lipinski definition) is 0. The summed E-state index contributed by atoms with van der Waals surface area (Å²) in [5.41, 5.74) is 20.0. The molecule has 0 radical (unpaired) electrons. The van der Waals surface area contributed by atoms with Crippen LogP contribution in [0.5, 0.6) is 0 Å². The SMILES string of the molecule is c1ccc(-c2c(-c3ccccc3)c3cc(-c4ccc(N(c5cccc(-c6cccc7ccccc67)c5)c5ccc6c(c5)C(c5ccccc5)(c5ccccc5)c5ccccc5-6)cc4)ccc3c3ccccc23)cc1. The summed E-state index contributed by atoms with van der Waals surface area (Å²) in [5.74, 6) is 0. The van der Waals surface area contributed by atoms with Crippen molar-refractivity contribution < 1.29 is 0 Å². The van der Waals surface area contributed by atoms with E-state index in [1.807, 2.05) is 0 Å². The van der Waals surface area contributed by atoms with Crippen molar-refractivity contribution in [2.24, 2.45) is 0 Å². The third kappa shape index (κ3) is 7.00. The Hall–Kier alpha value is -9.56. The Labute approximate surface area is 432 Å². The lowest BCUT2D eigenvalue weighted by Crippen LogP contribution is -2.28. The van der Waals surface area contributed by atoms with Crippen LogP contribution in [0.4, 0.5) is 17.1 Å². The fraction of sp³-hybridized carbons (Fsp3) is 0.0137. The van der Waals surface area contributed by atoms with Gasteiger partial charge in [-0.3, -0.25) is 0 Å². The van der Waals surface area contributed by atoms with E-state index in [4.69, 9.17) is 0 Å². The van der Waals surface area contributed by atoms with Crippen molar-refractivity contribution >= 4 is 49.4 Å². The molecule has 0 unspecified atom stereocenters. The van der Waals surface area contributed by atoms with Crippen LogP contribution in [0.2, 0.25) is 0 Å². The second-order valence-corrected chi connectivity index (χ2v) is 19.5. The molecule has 13 aromatic rings. The molecule has 1 heteroatoms. The molecule has 0 heterocycles. The van der Waals surface area contributed by atoms with Gasteiger partial charge in [0.05, 0.1) is 5.41 Å². The molecule has 0 amide bonds. The Morgan fingerprint density at radius 2 is 0.716 bits per heavy atom. The molecular formula is C73H49N. The lowest BCUT2D eigenvalue weighted by Gasteiger charge is -2.35. The molecular weight excluding hydrogens is 891 g/mol. The first-order chi connectivity index (χ1) is 36.7. The van der Waals surface area contributed by atoms with Gasteiger partial charge in [0.2, 0.25) is 0 Å². The van der Waals surface area contributed by atoms with Crippen LogP contribution in [-0.2, 0) is 5.41 Å². The number of nitrogens with zero attached hydrogens (tertiary/aromatic N) is 1. The Kier molecular flexibility index (Phi) is 10.5. The molecule has 0 spiro atoms. The van der Waals surface area contributed by atoms with Crippen molar-refractivity contribution in [3.8, 4) is 55.6 Å². The zero-order valence-corrected chi connectivity index (χ0v) is 40.7. The van der Waals surface area contributed by atoms with Gasteiger partial charge < -0.3 is 4.90 Å². The topological polar surface area (TPSA) is 3.24 Å². The summed E-state index contributed by atoms with van der Waals surface area (Å²) in [6.07, 6.45) is 0. The lowest BCUT2D eigenvalue weighted by atomic mass is 9.67. The van der Waals surface area contributed by atoms with Gasteiger partial charge in [-0.15, -0.1) is 0 Å². The number of benzene rings is 13. The van der Waals surface area contributed by atoms with E-state index >= 15 is 0 Å². The third-order valence-corrected chi connectivity index (χ3v) is 15.5. The van der Waals surface area contributed by atoms with E-state index in [2.05, 4.69) is 302 Å². The molecule has 1 aliphatic rings. The van der Waals surface area contributed by atoms with Gasteiger partial charge in [0.1, 0.15) is 0 Å². The van der Waals surface area contributed by atoms with E-state index in [9.17, 15) is 0 Å². The molecule has 0 aromatic heterocycles. The van der Waals surface area contributed by atoms with Crippen molar-refractivity contribution in [3.05, 3.63) is 320 Å².